The third-order valence-corrected chi connectivity index (χ3v) is 3.08. The first kappa shape index (κ1) is 9.66. The molecule has 1 heterocycles. The molecule has 0 saturated heterocycles. The lowest BCUT2D eigenvalue weighted by atomic mass is 10.1. The Morgan fingerprint density at radius 2 is 2.00 bits per heavy atom. The van der Waals surface area contributed by atoms with Crippen molar-refractivity contribution in [2.45, 2.75) is 13.8 Å². The van der Waals surface area contributed by atoms with Crippen LogP contribution in [-0.2, 0) is 0 Å². The summed E-state index contributed by atoms with van der Waals surface area (Å²) >= 11 is 6.07. The van der Waals surface area contributed by atoms with Gasteiger partial charge in [0.05, 0.1) is 11.4 Å². The van der Waals surface area contributed by atoms with Gasteiger partial charge in [0.25, 0.3) is 0 Å². The van der Waals surface area contributed by atoms with E-state index in [1.165, 1.54) is 0 Å². The molecule has 2 nitrogen and oxygen atoms in total. The SMILES string of the molecule is Cc1c(Cl)ccc2c1NCC(C)CN2. The zero-order chi connectivity index (χ0) is 10.1. The molecule has 2 N–H and O–H groups in total. The molecule has 0 fully saturated rings. The van der Waals surface area contributed by atoms with Gasteiger partial charge in [-0.2, -0.15) is 0 Å². The second-order valence-electron chi connectivity index (χ2n) is 3.96. The summed E-state index contributed by atoms with van der Waals surface area (Å²) < 4.78 is 0. The van der Waals surface area contributed by atoms with Crippen LogP contribution in [0.3, 0.4) is 0 Å². The molecule has 0 radical (unpaired) electrons. The maximum atomic E-state index is 6.07. The van der Waals surface area contributed by atoms with Crippen LogP contribution in [0.1, 0.15) is 12.5 Å². The summed E-state index contributed by atoms with van der Waals surface area (Å²) in [6.07, 6.45) is 0. The summed E-state index contributed by atoms with van der Waals surface area (Å²) in [7, 11) is 0. The second-order valence-corrected chi connectivity index (χ2v) is 4.37. The number of anilines is 2. The third kappa shape index (κ3) is 1.67. The Morgan fingerprint density at radius 1 is 1.29 bits per heavy atom. The minimum absolute atomic E-state index is 0.639. The van der Waals surface area contributed by atoms with Gasteiger partial charge in [-0.1, -0.05) is 18.5 Å². The Bertz CT molecular complexity index is 349. The molecule has 0 amide bonds. The highest BCUT2D eigenvalue weighted by molar-refractivity contribution is 6.32. The number of benzene rings is 1. The highest BCUT2D eigenvalue weighted by Gasteiger charge is 2.14. The van der Waals surface area contributed by atoms with Crippen molar-refractivity contribution in [1.82, 2.24) is 0 Å². The molecule has 1 aromatic rings. The number of fused-ring (bicyclic) bond motifs is 1. The summed E-state index contributed by atoms with van der Waals surface area (Å²) in [6.45, 7) is 6.29. The summed E-state index contributed by atoms with van der Waals surface area (Å²) in [5, 5.41) is 7.69. The highest BCUT2D eigenvalue weighted by atomic mass is 35.5. The van der Waals surface area contributed by atoms with Crippen molar-refractivity contribution in [3.63, 3.8) is 0 Å². The number of nitrogens with one attached hydrogen (secondary N) is 2. The molecule has 1 atom stereocenters. The molecule has 0 aliphatic carbocycles. The van der Waals surface area contributed by atoms with Crippen LogP contribution in [0, 0.1) is 12.8 Å². The smallest absolute Gasteiger partial charge is 0.0620 e. The molecular weight excluding hydrogens is 196 g/mol. The Labute approximate surface area is 89.7 Å². The van der Waals surface area contributed by atoms with Gasteiger partial charge in [-0.05, 0) is 30.5 Å². The van der Waals surface area contributed by atoms with Crippen LogP contribution in [0.25, 0.3) is 0 Å². The molecule has 1 aliphatic heterocycles. The second kappa shape index (κ2) is 3.70. The Balaban J connectivity index is 2.41. The van der Waals surface area contributed by atoms with E-state index in [0.717, 1.165) is 35.1 Å². The average Bonchev–Trinajstić information content (AvgIpc) is 2.35. The zero-order valence-electron chi connectivity index (χ0n) is 8.52. The van der Waals surface area contributed by atoms with Crippen molar-refractivity contribution in [3.8, 4) is 0 Å². The molecule has 3 heteroatoms. The fourth-order valence-electron chi connectivity index (χ4n) is 1.69. The van der Waals surface area contributed by atoms with Gasteiger partial charge in [-0.3, -0.25) is 0 Å². The van der Waals surface area contributed by atoms with Gasteiger partial charge in [0.15, 0.2) is 0 Å². The average molecular weight is 211 g/mol. The van der Waals surface area contributed by atoms with Crippen molar-refractivity contribution in [3.05, 3.63) is 22.7 Å². The molecule has 2 rings (SSSR count). The lowest BCUT2D eigenvalue weighted by Crippen LogP contribution is -2.14. The van der Waals surface area contributed by atoms with Crippen LogP contribution < -0.4 is 10.6 Å². The van der Waals surface area contributed by atoms with Crippen molar-refractivity contribution in [1.29, 1.82) is 0 Å². The summed E-state index contributed by atoms with van der Waals surface area (Å²) in [6, 6.07) is 3.98. The number of halogens is 1. The molecule has 1 aliphatic rings. The summed E-state index contributed by atoms with van der Waals surface area (Å²) in [5.74, 6) is 0.639. The highest BCUT2D eigenvalue weighted by Crippen LogP contribution is 2.32. The van der Waals surface area contributed by atoms with E-state index in [4.69, 9.17) is 11.6 Å². The Morgan fingerprint density at radius 3 is 2.79 bits per heavy atom. The van der Waals surface area contributed by atoms with Gasteiger partial charge in [-0.25, -0.2) is 0 Å². The van der Waals surface area contributed by atoms with E-state index in [9.17, 15) is 0 Å². The first-order valence-electron chi connectivity index (χ1n) is 4.95. The zero-order valence-corrected chi connectivity index (χ0v) is 9.28. The van der Waals surface area contributed by atoms with Crippen LogP contribution in [0.15, 0.2) is 12.1 Å². The Kier molecular flexibility index (Phi) is 2.55. The Hall–Kier alpha value is -0.890. The van der Waals surface area contributed by atoms with Gasteiger partial charge in [0.2, 0.25) is 0 Å². The maximum absolute atomic E-state index is 6.07. The molecule has 0 aromatic heterocycles. The molecular formula is C11H15ClN2. The van der Waals surface area contributed by atoms with Crippen molar-refractivity contribution < 1.29 is 0 Å². The van der Waals surface area contributed by atoms with Crippen LogP contribution in [0.2, 0.25) is 5.02 Å². The van der Waals surface area contributed by atoms with E-state index in [2.05, 4.69) is 17.6 Å². The van der Waals surface area contributed by atoms with Crippen LogP contribution in [0.5, 0.6) is 0 Å². The van der Waals surface area contributed by atoms with Gasteiger partial charge in [0.1, 0.15) is 0 Å². The molecule has 0 bridgehead atoms. The third-order valence-electron chi connectivity index (χ3n) is 2.67. The van der Waals surface area contributed by atoms with Crippen molar-refractivity contribution >= 4 is 23.0 Å². The van der Waals surface area contributed by atoms with E-state index in [1.54, 1.807) is 0 Å². The van der Waals surface area contributed by atoms with E-state index in [1.807, 2.05) is 19.1 Å². The molecule has 1 unspecified atom stereocenters. The molecule has 0 spiro atoms. The van der Waals surface area contributed by atoms with Gasteiger partial charge < -0.3 is 10.6 Å². The quantitative estimate of drug-likeness (QED) is 0.688. The van der Waals surface area contributed by atoms with Crippen molar-refractivity contribution in [2.75, 3.05) is 23.7 Å². The van der Waals surface area contributed by atoms with Crippen LogP contribution in [-0.4, -0.2) is 13.1 Å². The van der Waals surface area contributed by atoms with Crippen molar-refractivity contribution in [2.24, 2.45) is 5.92 Å². The lowest BCUT2D eigenvalue weighted by Gasteiger charge is -2.12. The van der Waals surface area contributed by atoms with Gasteiger partial charge in [-0.15, -0.1) is 0 Å². The molecule has 14 heavy (non-hydrogen) atoms. The molecule has 0 saturated carbocycles. The molecule has 76 valence electrons. The topological polar surface area (TPSA) is 24.1 Å². The van der Waals surface area contributed by atoms with E-state index in [0.29, 0.717) is 5.92 Å². The standard InChI is InChI=1S/C11H15ClN2/c1-7-5-13-10-4-3-9(12)8(2)11(10)14-6-7/h3-4,7,13-14H,5-6H2,1-2H3. The predicted octanol–water partition coefficient (Wildman–Crippen LogP) is 3.12. The minimum Gasteiger partial charge on any atom is -0.383 e. The fraction of sp³-hybridized carbons (Fsp3) is 0.455. The predicted molar refractivity (Wildman–Crippen MR) is 62.3 cm³/mol. The molecule has 1 aromatic carbocycles. The first-order chi connectivity index (χ1) is 6.68. The number of rotatable bonds is 0. The van der Waals surface area contributed by atoms with Gasteiger partial charge in [0, 0.05) is 18.1 Å². The normalized spacial score (nSPS) is 20.4. The van der Waals surface area contributed by atoms with Crippen LogP contribution >= 0.6 is 11.6 Å². The summed E-state index contributed by atoms with van der Waals surface area (Å²) in [5.41, 5.74) is 3.45. The largest absolute Gasteiger partial charge is 0.383 e. The minimum atomic E-state index is 0.639. The van der Waals surface area contributed by atoms with Crippen LogP contribution in [0.4, 0.5) is 11.4 Å². The van der Waals surface area contributed by atoms with Gasteiger partial charge >= 0.3 is 0 Å². The fourth-order valence-corrected chi connectivity index (χ4v) is 1.85. The van der Waals surface area contributed by atoms with E-state index >= 15 is 0 Å². The number of hydrogen-bond acceptors (Lipinski definition) is 2. The monoisotopic (exact) mass is 210 g/mol. The van der Waals surface area contributed by atoms with E-state index in [-0.39, 0.29) is 0 Å². The summed E-state index contributed by atoms with van der Waals surface area (Å²) in [4.78, 5) is 0. The number of hydrogen-bond donors (Lipinski definition) is 2. The van der Waals surface area contributed by atoms with E-state index < -0.39 is 0 Å². The first-order valence-corrected chi connectivity index (χ1v) is 5.33. The maximum Gasteiger partial charge on any atom is 0.0620 e. The lowest BCUT2D eigenvalue weighted by molar-refractivity contribution is 0.657.